The molecule has 3 rings (SSSR count). The maximum Gasteiger partial charge on any atom is 0.267 e. The minimum atomic E-state index is -0.190. The third-order valence-electron chi connectivity index (χ3n) is 3.93. The van der Waals surface area contributed by atoms with Gasteiger partial charge in [0.05, 0.1) is 5.39 Å². The van der Waals surface area contributed by atoms with Gasteiger partial charge in [-0.1, -0.05) is 19.9 Å². The number of amides is 1. The van der Waals surface area contributed by atoms with Gasteiger partial charge in [-0.2, -0.15) is 0 Å². The van der Waals surface area contributed by atoms with E-state index in [1.54, 1.807) is 23.9 Å². The van der Waals surface area contributed by atoms with Crippen LogP contribution in [0.15, 0.2) is 29.2 Å². The smallest absolute Gasteiger partial charge is 0.267 e. The molecule has 0 atom stereocenters. The zero-order valence-corrected chi connectivity index (χ0v) is 13.8. The topological polar surface area (TPSA) is 68.4 Å². The number of nitrogens with zero attached hydrogens (tertiary/aromatic N) is 3. The van der Waals surface area contributed by atoms with Gasteiger partial charge in [-0.25, -0.2) is 4.98 Å². The molecule has 6 heteroatoms. The molecule has 0 unspecified atom stereocenters. The molecule has 0 aliphatic rings. The number of aromatic nitrogens is 3. The third-order valence-corrected chi connectivity index (χ3v) is 3.93. The first-order valence-corrected chi connectivity index (χ1v) is 7.65. The Morgan fingerprint density at radius 2 is 2.09 bits per heavy atom. The van der Waals surface area contributed by atoms with Crippen LogP contribution in [0.4, 0.5) is 0 Å². The summed E-state index contributed by atoms with van der Waals surface area (Å²) in [6, 6.07) is 5.35. The first-order chi connectivity index (χ1) is 10.9. The summed E-state index contributed by atoms with van der Waals surface area (Å²) < 4.78 is 3.20. The number of aryl methyl sites for hydroxylation is 2. The second-order valence-electron chi connectivity index (χ2n) is 6.23. The lowest BCUT2D eigenvalue weighted by Gasteiger charge is -2.08. The predicted octanol–water partition coefficient (Wildman–Crippen LogP) is 1.88. The van der Waals surface area contributed by atoms with Crippen molar-refractivity contribution < 1.29 is 4.79 Å². The fourth-order valence-corrected chi connectivity index (χ4v) is 2.64. The van der Waals surface area contributed by atoms with Crippen LogP contribution in [0.1, 0.15) is 29.9 Å². The Hall–Kier alpha value is -2.63. The third kappa shape index (κ3) is 2.50. The summed E-state index contributed by atoms with van der Waals surface area (Å²) in [5, 5.41) is 3.33. The van der Waals surface area contributed by atoms with Gasteiger partial charge in [0.1, 0.15) is 17.0 Å². The molecule has 0 aromatic carbocycles. The van der Waals surface area contributed by atoms with Gasteiger partial charge in [-0.05, 0) is 30.5 Å². The molecule has 0 saturated carbocycles. The Labute approximate surface area is 133 Å². The molecule has 0 saturated heterocycles. The van der Waals surface area contributed by atoms with Gasteiger partial charge in [-0.15, -0.1) is 0 Å². The first-order valence-electron chi connectivity index (χ1n) is 7.65. The maximum atomic E-state index is 12.7. The highest BCUT2D eigenvalue weighted by atomic mass is 16.2. The normalized spacial score (nSPS) is 11.5. The van der Waals surface area contributed by atoms with Crippen LogP contribution in [0, 0.1) is 12.8 Å². The zero-order chi connectivity index (χ0) is 16.7. The van der Waals surface area contributed by atoms with Crippen LogP contribution in [0.25, 0.3) is 16.7 Å². The fourth-order valence-electron chi connectivity index (χ4n) is 2.64. The van der Waals surface area contributed by atoms with Crippen molar-refractivity contribution in [3.8, 4) is 0 Å². The van der Waals surface area contributed by atoms with Gasteiger partial charge in [0.15, 0.2) is 0 Å². The van der Waals surface area contributed by atoms with Gasteiger partial charge in [0.25, 0.3) is 11.5 Å². The first kappa shape index (κ1) is 15.3. The lowest BCUT2D eigenvalue weighted by molar-refractivity contribution is 0.0941. The Bertz CT molecular complexity index is 966. The number of carbonyl (C=O) groups is 1. The average molecular weight is 312 g/mol. The quantitative estimate of drug-likeness (QED) is 0.803. The molecule has 0 fully saturated rings. The molecule has 3 aromatic rings. The molecular weight excluding hydrogens is 292 g/mol. The van der Waals surface area contributed by atoms with E-state index in [0.717, 1.165) is 5.56 Å². The number of hydrogen-bond donors (Lipinski definition) is 1. The molecule has 3 aromatic heterocycles. The van der Waals surface area contributed by atoms with Crippen molar-refractivity contribution in [2.24, 2.45) is 13.0 Å². The summed E-state index contributed by atoms with van der Waals surface area (Å²) in [5.41, 5.74) is 2.34. The molecule has 1 amide bonds. The number of hydrogen-bond acceptors (Lipinski definition) is 3. The summed E-state index contributed by atoms with van der Waals surface area (Å²) >= 11 is 0. The highest BCUT2D eigenvalue weighted by molar-refractivity contribution is 5.98. The minimum absolute atomic E-state index is 0.160. The van der Waals surface area contributed by atoms with Crippen LogP contribution < -0.4 is 10.9 Å². The lowest BCUT2D eigenvalue weighted by Crippen LogP contribution is -2.28. The number of pyridine rings is 1. The average Bonchev–Trinajstić information content (AvgIpc) is 2.84. The number of rotatable bonds is 3. The van der Waals surface area contributed by atoms with Gasteiger partial charge >= 0.3 is 0 Å². The van der Waals surface area contributed by atoms with Crippen molar-refractivity contribution in [3.63, 3.8) is 0 Å². The van der Waals surface area contributed by atoms with Gasteiger partial charge in [0.2, 0.25) is 0 Å². The summed E-state index contributed by atoms with van der Waals surface area (Å²) in [6.45, 7) is 6.57. The highest BCUT2D eigenvalue weighted by Crippen LogP contribution is 2.16. The second-order valence-corrected chi connectivity index (χ2v) is 6.23. The monoisotopic (exact) mass is 312 g/mol. The number of nitrogens with one attached hydrogen (secondary N) is 1. The molecule has 120 valence electrons. The summed E-state index contributed by atoms with van der Waals surface area (Å²) in [7, 11) is 1.76. The van der Waals surface area contributed by atoms with Crippen LogP contribution in [0.2, 0.25) is 0 Å². The number of carbonyl (C=O) groups excluding carboxylic acids is 1. The van der Waals surface area contributed by atoms with Crippen LogP contribution in [0.3, 0.4) is 0 Å². The van der Waals surface area contributed by atoms with Gasteiger partial charge in [0, 0.05) is 19.8 Å². The van der Waals surface area contributed by atoms with Crippen molar-refractivity contribution in [2.75, 3.05) is 6.54 Å². The molecular formula is C17H20N4O2. The predicted molar refractivity (Wildman–Crippen MR) is 89.8 cm³/mol. The minimum Gasteiger partial charge on any atom is -0.351 e. The van der Waals surface area contributed by atoms with Crippen LogP contribution in [-0.4, -0.2) is 26.4 Å². The van der Waals surface area contributed by atoms with Crippen molar-refractivity contribution in [2.45, 2.75) is 20.8 Å². The zero-order valence-electron chi connectivity index (χ0n) is 13.8. The largest absolute Gasteiger partial charge is 0.351 e. The fraction of sp³-hybridized carbons (Fsp3) is 0.353. The van der Waals surface area contributed by atoms with Crippen molar-refractivity contribution in [1.29, 1.82) is 0 Å². The van der Waals surface area contributed by atoms with Gasteiger partial charge < -0.3 is 9.88 Å². The molecule has 0 aliphatic carbocycles. The van der Waals surface area contributed by atoms with E-state index < -0.39 is 0 Å². The lowest BCUT2D eigenvalue weighted by atomic mass is 10.2. The van der Waals surface area contributed by atoms with E-state index in [-0.39, 0.29) is 11.5 Å². The number of fused-ring (bicyclic) bond motifs is 2. The maximum absolute atomic E-state index is 12.7. The molecule has 0 spiro atoms. The SMILES string of the molecule is Cc1cccn2c(=O)c3cc(C(=O)NCC(C)C)n(C)c3nc12. The molecule has 0 radical (unpaired) electrons. The van der Waals surface area contributed by atoms with E-state index in [1.807, 2.05) is 32.9 Å². The molecule has 0 aliphatic heterocycles. The molecule has 6 nitrogen and oxygen atoms in total. The Morgan fingerprint density at radius 3 is 2.78 bits per heavy atom. The summed E-state index contributed by atoms with van der Waals surface area (Å²) in [5.74, 6) is 0.173. The van der Waals surface area contributed by atoms with Crippen molar-refractivity contribution >= 4 is 22.6 Å². The summed E-state index contributed by atoms with van der Waals surface area (Å²) in [6.07, 6.45) is 1.70. The highest BCUT2D eigenvalue weighted by Gasteiger charge is 2.18. The molecule has 23 heavy (non-hydrogen) atoms. The van der Waals surface area contributed by atoms with E-state index in [0.29, 0.717) is 34.8 Å². The molecule has 3 heterocycles. The van der Waals surface area contributed by atoms with Crippen LogP contribution in [0.5, 0.6) is 0 Å². The molecule has 0 bridgehead atoms. The Kier molecular flexibility index (Phi) is 3.67. The van der Waals surface area contributed by atoms with Crippen molar-refractivity contribution in [3.05, 3.63) is 46.0 Å². The second kappa shape index (κ2) is 5.53. The van der Waals surface area contributed by atoms with E-state index in [4.69, 9.17) is 0 Å². The van der Waals surface area contributed by atoms with E-state index in [9.17, 15) is 9.59 Å². The van der Waals surface area contributed by atoms with Gasteiger partial charge in [-0.3, -0.25) is 14.0 Å². The van der Waals surface area contributed by atoms with Crippen LogP contribution in [-0.2, 0) is 7.05 Å². The Balaban J connectivity index is 2.20. The van der Waals surface area contributed by atoms with Crippen LogP contribution >= 0.6 is 0 Å². The standard InChI is InChI=1S/C17H20N4O2/c1-10(2)9-18-16(22)13-8-12-15(20(13)4)19-14-11(3)6-5-7-21(14)17(12)23/h5-8,10H,9H2,1-4H3,(H,18,22). The molecule has 1 N–H and O–H groups in total. The van der Waals surface area contributed by atoms with E-state index in [2.05, 4.69) is 10.3 Å². The van der Waals surface area contributed by atoms with E-state index >= 15 is 0 Å². The van der Waals surface area contributed by atoms with E-state index in [1.165, 1.54) is 4.40 Å². The summed E-state index contributed by atoms with van der Waals surface area (Å²) in [4.78, 5) is 29.6. The Morgan fingerprint density at radius 1 is 1.35 bits per heavy atom. The van der Waals surface area contributed by atoms with Crippen molar-refractivity contribution in [1.82, 2.24) is 19.3 Å².